The zero-order chi connectivity index (χ0) is 15.5. The monoisotopic (exact) mass is 307 g/mol. The Morgan fingerprint density at radius 3 is 2.90 bits per heavy atom. The fraction of sp³-hybridized carbons (Fsp3) is 0.533. The zero-order valence-corrected chi connectivity index (χ0v) is 13.2. The van der Waals surface area contributed by atoms with Crippen LogP contribution in [-0.2, 0) is 10.0 Å². The molecule has 1 aromatic rings. The van der Waals surface area contributed by atoms with Crippen LogP contribution in [0.5, 0.6) is 0 Å². The normalized spacial score (nSPS) is 21.7. The van der Waals surface area contributed by atoms with Crippen molar-refractivity contribution in [1.82, 2.24) is 10.0 Å². The summed E-state index contributed by atoms with van der Waals surface area (Å²) in [5, 5.41) is 12.2. The number of hydrogen-bond acceptors (Lipinski definition) is 4. The van der Waals surface area contributed by atoms with Crippen molar-refractivity contribution < 1.29 is 8.42 Å². The van der Waals surface area contributed by atoms with Crippen molar-refractivity contribution in [3.05, 3.63) is 29.8 Å². The fourth-order valence-corrected chi connectivity index (χ4v) is 3.72. The molecular formula is C15H21N3O2S. The molecule has 1 saturated heterocycles. The van der Waals surface area contributed by atoms with Crippen molar-refractivity contribution in [3.63, 3.8) is 0 Å². The van der Waals surface area contributed by atoms with Gasteiger partial charge in [0.05, 0.1) is 16.5 Å². The molecule has 114 valence electrons. The van der Waals surface area contributed by atoms with E-state index in [4.69, 9.17) is 5.26 Å². The minimum absolute atomic E-state index is 0.0648. The minimum atomic E-state index is -3.58. The molecule has 1 atom stereocenters. The van der Waals surface area contributed by atoms with Gasteiger partial charge in [-0.05, 0) is 43.0 Å². The van der Waals surface area contributed by atoms with Gasteiger partial charge in [0.2, 0.25) is 10.0 Å². The van der Waals surface area contributed by atoms with E-state index in [-0.39, 0.29) is 16.4 Å². The number of sulfonamides is 1. The highest BCUT2D eigenvalue weighted by Crippen LogP contribution is 2.29. The predicted octanol–water partition coefficient (Wildman–Crippen LogP) is 1.61. The second-order valence-electron chi connectivity index (χ2n) is 6.09. The Bertz CT molecular complexity index is 647. The molecule has 1 heterocycles. The molecule has 6 heteroatoms. The van der Waals surface area contributed by atoms with Crippen LogP contribution in [0.4, 0.5) is 0 Å². The fourth-order valence-electron chi connectivity index (χ4n) is 2.63. The van der Waals surface area contributed by atoms with Gasteiger partial charge >= 0.3 is 0 Å². The second-order valence-corrected chi connectivity index (χ2v) is 7.86. The van der Waals surface area contributed by atoms with Crippen LogP contribution in [0.2, 0.25) is 0 Å². The van der Waals surface area contributed by atoms with E-state index in [2.05, 4.69) is 23.9 Å². The van der Waals surface area contributed by atoms with Crippen molar-refractivity contribution in [3.8, 4) is 6.07 Å². The van der Waals surface area contributed by atoms with E-state index in [9.17, 15) is 8.42 Å². The molecule has 1 aromatic carbocycles. The Kier molecular flexibility index (Phi) is 4.67. The molecule has 0 radical (unpaired) electrons. The summed E-state index contributed by atoms with van der Waals surface area (Å²) >= 11 is 0. The first kappa shape index (κ1) is 16.0. The molecule has 2 N–H and O–H groups in total. The van der Waals surface area contributed by atoms with Crippen LogP contribution in [0, 0.1) is 16.7 Å². The molecule has 0 spiro atoms. The Labute approximate surface area is 126 Å². The molecule has 5 nitrogen and oxygen atoms in total. The molecule has 1 aliphatic heterocycles. The summed E-state index contributed by atoms with van der Waals surface area (Å²) in [5.41, 5.74) is 0.406. The lowest BCUT2D eigenvalue weighted by Gasteiger charge is -2.39. The number of nitriles is 1. The Morgan fingerprint density at radius 1 is 1.48 bits per heavy atom. The summed E-state index contributed by atoms with van der Waals surface area (Å²) in [7, 11) is -3.58. The maximum absolute atomic E-state index is 12.3. The third-order valence-electron chi connectivity index (χ3n) is 4.08. The van der Waals surface area contributed by atoms with Gasteiger partial charge in [-0.2, -0.15) is 5.26 Å². The molecular weight excluding hydrogens is 286 g/mol. The van der Waals surface area contributed by atoms with Crippen LogP contribution in [0.15, 0.2) is 29.2 Å². The Morgan fingerprint density at radius 2 is 2.24 bits per heavy atom. The highest BCUT2D eigenvalue weighted by Gasteiger charge is 2.32. The highest BCUT2D eigenvalue weighted by atomic mass is 32.2. The summed E-state index contributed by atoms with van der Waals surface area (Å²) in [5.74, 6) is 0. The van der Waals surface area contributed by atoms with Gasteiger partial charge in [-0.25, -0.2) is 13.1 Å². The van der Waals surface area contributed by atoms with E-state index in [1.165, 1.54) is 12.1 Å². The third kappa shape index (κ3) is 3.82. The smallest absolute Gasteiger partial charge is 0.240 e. The topological polar surface area (TPSA) is 82.0 Å². The second kappa shape index (κ2) is 6.14. The summed E-state index contributed by atoms with van der Waals surface area (Å²) in [6.45, 7) is 5.56. The van der Waals surface area contributed by atoms with Crippen LogP contribution in [0.1, 0.15) is 32.3 Å². The first-order valence-corrected chi connectivity index (χ1v) is 8.57. The molecule has 1 fully saturated rings. The van der Waals surface area contributed by atoms with Crippen LogP contribution >= 0.6 is 0 Å². The summed E-state index contributed by atoms with van der Waals surface area (Å²) in [6, 6.07) is 8.13. The van der Waals surface area contributed by atoms with Crippen molar-refractivity contribution >= 4 is 10.0 Å². The number of nitrogens with one attached hydrogen (secondary N) is 2. The SMILES string of the molecule is CC1(C)CCCNC1CNS(=O)(=O)c1cccc(C#N)c1. The average Bonchev–Trinajstić information content (AvgIpc) is 2.46. The maximum atomic E-state index is 12.3. The van der Waals surface area contributed by atoms with Gasteiger partial charge in [0.1, 0.15) is 0 Å². The lowest BCUT2D eigenvalue weighted by Crippen LogP contribution is -2.52. The summed E-state index contributed by atoms with van der Waals surface area (Å²) < 4.78 is 27.3. The molecule has 0 amide bonds. The maximum Gasteiger partial charge on any atom is 0.240 e. The van der Waals surface area contributed by atoms with E-state index >= 15 is 0 Å². The molecule has 0 saturated carbocycles. The van der Waals surface area contributed by atoms with Gasteiger partial charge in [0.25, 0.3) is 0 Å². The van der Waals surface area contributed by atoms with Crippen LogP contribution in [0.3, 0.4) is 0 Å². The van der Waals surface area contributed by atoms with E-state index in [1.54, 1.807) is 12.1 Å². The van der Waals surface area contributed by atoms with Crippen molar-refractivity contribution in [2.24, 2.45) is 5.41 Å². The summed E-state index contributed by atoms with van der Waals surface area (Å²) in [4.78, 5) is 0.134. The molecule has 0 bridgehead atoms. The summed E-state index contributed by atoms with van der Waals surface area (Å²) in [6.07, 6.45) is 2.19. The highest BCUT2D eigenvalue weighted by molar-refractivity contribution is 7.89. The van der Waals surface area contributed by atoms with E-state index in [0.29, 0.717) is 12.1 Å². The van der Waals surface area contributed by atoms with Gasteiger partial charge in [-0.1, -0.05) is 19.9 Å². The van der Waals surface area contributed by atoms with Gasteiger partial charge in [0, 0.05) is 12.6 Å². The van der Waals surface area contributed by atoms with Gasteiger partial charge < -0.3 is 5.32 Å². The largest absolute Gasteiger partial charge is 0.312 e. The number of benzene rings is 1. The first-order chi connectivity index (χ1) is 9.85. The lowest BCUT2D eigenvalue weighted by atomic mass is 9.78. The number of piperidine rings is 1. The van der Waals surface area contributed by atoms with E-state index in [0.717, 1.165) is 19.4 Å². The molecule has 0 aromatic heterocycles. The van der Waals surface area contributed by atoms with Crippen molar-refractivity contribution in [2.75, 3.05) is 13.1 Å². The van der Waals surface area contributed by atoms with Crippen LogP contribution in [0.25, 0.3) is 0 Å². The quantitative estimate of drug-likeness (QED) is 0.885. The Hall–Kier alpha value is -1.42. The minimum Gasteiger partial charge on any atom is -0.312 e. The lowest BCUT2D eigenvalue weighted by molar-refractivity contribution is 0.181. The predicted molar refractivity (Wildman–Crippen MR) is 81.2 cm³/mol. The van der Waals surface area contributed by atoms with Crippen LogP contribution in [-0.4, -0.2) is 27.5 Å². The van der Waals surface area contributed by atoms with Gasteiger partial charge in [-0.15, -0.1) is 0 Å². The van der Waals surface area contributed by atoms with Gasteiger partial charge in [0.15, 0.2) is 0 Å². The molecule has 1 unspecified atom stereocenters. The molecule has 2 rings (SSSR count). The average molecular weight is 307 g/mol. The number of nitrogens with zero attached hydrogens (tertiary/aromatic N) is 1. The molecule has 1 aliphatic rings. The number of rotatable bonds is 4. The van der Waals surface area contributed by atoms with Crippen molar-refractivity contribution in [1.29, 1.82) is 5.26 Å². The first-order valence-electron chi connectivity index (χ1n) is 7.08. The standard InChI is InChI=1S/C15H21N3O2S/c1-15(2)7-4-8-17-14(15)11-18-21(19,20)13-6-3-5-12(9-13)10-16/h3,5-6,9,14,17-18H,4,7-8,11H2,1-2H3. The number of hydrogen-bond donors (Lipinski definition) is 2. The Balaban J connectivity index is 2.09. The van der Waals surface area contributed by atoms with E-state index in [1.807, 2.05) is 6.07 Å². The molecule has 0 aliphatic carbocycles. The molecule has 21 heavy (non-hydrogen) atoms. The van der Waals surface area contributed by atoms with Crippen LogP contribution < -0.4 is 10.0 Å². The third-order valence-corrected chi connectivity index (χ3v) is 5.50. The van der Waals surface area contributed by atoms with E-state index < -0.39 is 10.0 Å². The zero-order valence-electron chi connectivity index (χ0n) is 12.4. The van der Waals surface area contributed by atoms with Gasteiger partial charge in [-0.3, -0.25) is 0 Å². The van der Waals surface area contributed by atoms with Crippen molar-refractivity contribution in [2.45, 2.75) is 37.6 Å².